The van der Waals surface area contributed by atoms with E-state index in [1.165, 1.54) is 0 Å². The van der Waals surface area contributed by atoms with Crippen molar-refractivity contribution in [2.45, 2.75) is 13.3 Å². The number of benzene rings is 1. The van der Waals surface area contributed by atoms with Crippen molar-refractivity contribution in [2.24, 2.45) is 0 Å². The van der Waals surface area contributed by atoms with Gasteiger partial charge in [-0.2, -0.15) is 5.26 Å². The molecule has 1 rings (SSSR count). The van der Waals surface area contributed by atoms with Gasteiger partial charge in [0.2, 0.25) is 0 Å². The Morgan fingerprint density at radius 3 is 2.90 bits per heavy atom. The molecule has 6 heteroatoms. The van der Waals surface area contributed by atoms with Crippen LogP contribution in [0.4, 0.5) is 0 Å². The molecule has 0 spiro atoms. The largest absolute Gasteiger partial charge is 0.493 e. The zero-order chi connectivity index (χ0) is 14.8. The first-order valence-electron chi connectivity index (χ1n) is 6.19. The standard InChI is InChI=1S/C14H16N2O4/c1-2-7-19-12-4-3-11(9-17)13(8-12)20-10-14(18)16-6-5-15/h3-4,8-9H,2,6-7,10H2,1H3,(H,16,18). The summed E-state index contributed by atoms with van der Waals surface area (Å²) in [7, 11) is 0. The molecule has 20 heavy (non-hydrogen) atoms. The molecule has 0 atom stereocenters. The predicted octanol–water partition coefficient (Wildman–Crippen LogP) is 1.31. The number of rotatable bonds is 8. The minimum atomic E-state index is -0.428. The van der Waals surface area contributed by atoms with Crippen molar-refractivity contribution in [2.75, 3.05) is 19.8 Å². The molecule has 0 fully saturated rings. The number of carbonyl (C=O) groups excluding carboxylic acids is 2. The minimum Gasteiger partial charge on any atom is -0.493 e. The molecular weight excluding hydrogens is 260 g/mol. The van der Waals surface area contributed by atoms with Crippen LogP contribution < -0.4 is 14.8 Å². The lowest BCUT2D eigenvalue weighted by molar-refractivity contribution is -0.122. The Kier molecular flexibility index (Phi) is 6.62. The summed E-state index contributed by atoms with van der Waals surface area (Å²) in [5, 5.41) is 10.7. The number of nitrogens with one attached hydrogen (secondary N) is 1. The summed E-state index contributed by atoms with van der Waals surface area (Å²) in [5.41, 5.74) is 0.335. The Morgan fingerprint density at radius 2 is 2.25 bits per heavy atom. The quantitative estimate of drug-likeness (QED) is 0.571. The highest BCUT2D eigenvalue weighted by Gasteiger charge is 2.08. The predicted molar refractivity (Wildman–Crippen MR) is 71.7 cm³/mol. The molecule has 0 saturated carbocycles. The average Bonchev–Trinajstić information content (AvgIpc) is 2.48. The number of ether oxygens (including phenoxy) is 2. The summed E-state index contributed by atoms with van der Waals surface area (Å²) in [6.07, 6.45) is 1.51. The van der Waals surface area contributed by atoms with Crippen LogP contribution in [0.25, 0.3) is 0 Å². The first-order chi connectivity index (χ1) is 9.71. The molecule has 0 saturated heterocycles. The van der Waals surface area contributed by atoms with E-state index < -0.39 is 5.91 Å². The van der Waals surface area contributed by atoms with Gasteiger partial charge in [0.15, 0.2) is 12.9 Å². The van der Waals surface area contributed by atoms with Crippen LogP contribution >= 0.6 is 0 Å². The van der Waals surface area contributed by atoms with Gasteiger partial charge in [-0.05, 0) is 18.6 Å². The van der Waals surface area contributed by atoms with E-state index >= 15 is 0 Å². The van der Waals surface area contributed by atoms with E-state index in [1.54, 1.807) is 24.3 Å². The second-order valence-corrected chi connectivity index (χ2v) is 3.89. The van der Waals surface area contributed by atoms with Crippen molar-refractivity contribution >= 4 is 12.2 Å². The number of hydrogen-bond donors (Lipinski definition) is 1. The van der Waals surface area contributed by atoms with Gasteiger partial charge in [-0.25, -0.2) is 0 Å². The number of hydrogen-bond acceptors (Lipinski definition) is 5. The Labute approximate surface area is 117 Å². The van der Waals surface area contributed by atoms with Crippen LogP contribution in [0.3, 0.4) is 0 Å². The van der Waals surface area contributed by atoms with Gasteiger partial charge in [-0.3, -0.25) is 9.59 Å². The van der Waals surface area contributed by atoms with E-state index in [2.05, 4.69) is 5.32 Å². The van der Waals surface area contributed by atoms with Crippen molar-refractivity contribution in [1.29, 1.82) is 5.26 Å². The van der Waals surface area contributed by atoms with Crippen molar-refractivity contribution in [3.63, 3.8) is 0 Å². The van der Waals surface area contributed by atoms with Crippen LogP contribution in [0.5, 0.6) is 11.5 Å². The lowest BCUT2D eigenvalue weighted by Crippen LogP contribution is -2.29. The molecule has 0 bridgehead atoms. The lowest BCUT2D eigenvalue weighted by Gasteiger charge is -2.10. The summed E-state index contributed by atoms with van der Waals surface area (Å²) < 4.78 is 10.7. The maximum Gasteiger partial charge on any atom is 0.258 e. The summed E-state index contributed by atoms with van der Waals surface area (Å²) in [5.74, 6) is 0.425. The van der Waals surface area contributed by atoms with Crippen LogP contribution in [0.2, 0.25) is 0 Å². The van der Waals surface area contributed by atoms with E-state index in [0.29, 0.717) is 24.2 Å². The number of amides is 1. The fourth-order valence-corrected chi connectivity index (χ4v) is 1.38. The van der Waals surface area contributed by atoms with Crippen LogP contribution in [0.1, 0.15) is 23.7 Å². The van der Waals surface area contributed by atoms with Crippen molar-refractivity contribution in [1.82, 2.24) is 5.32 Å². The molecular formula is C14H16N2O4. The molecule has 1 aromatic rings. The molecule has 0 aliphatic rings. The van der Waals surface area contributed by atoms with Crippen LogP contribution in [0, 0.1) is 11.3 Å². The van der Waals surface area contributed by atoms with Gasteiger partial charge in [-0.1, -0.05) is 6.92 Å². The van der Waals surface area contributed by atoms with Crippen LogP contribution in [-0.4, -0.2) is 32.0 Å². The molecule has 0 heterocycles. The Morgan fingerprint density at radius 1 is 1.45 bits per heavy atom. The summed E-state index contributed by atoms with van der Waals surface area (Å²) in [6.45, 7) is 2.20. The highest BCUT2D eigenvalue weighted by Crippen LogP contribution is 2.23. The fraction of sp³-hybridized carbons (Fsp3) is 0.357. The minimum absolute atomic E-state index is 0.0810. The van der Waals surface area contributed by atoms with Gasteiger partial charge in [0.25, 0.3) is 5.91 Å². The molecule has 106 valence electrons. The second-order valence-electron chi connectivity index (χ2n) is 3.89. The Hall–Kier alpha value is -2.55. The average molecular weight is 276 g/mol. The molecule has 0 radical (unpaired) electrons. The SMILES string of the molecule is CCCOc1ccc(C=O)c(OCC(=O)NCC#N)c1. The van der Waals surface area contributed by atoms with Gasteiger partial charge >= 0.3 is 0 Å². The number of nitriles is 1. The number of nitrogens with zero attached hydrogens (tertiary/aromatic N) is 1. The Balaban J connectivity index is 2.68. The lowest BCUT2D eigenvalue weighted by atomic mass is 10.2. The third-order valence-electron chi connectivity index (χ3n) is 2.31. The summed E-state index contributed by atoms with van der Waals surface area (Å²) in [6, 6.07) is 6.59. The van der Waals surface area contributed by atoms with Gasteiger partial charge < -0.3 is 14.8 Å². The maximum absolute atomic E-state index is 11.3. The number of carbonyl (C=O) groups is 2. The topological polar surface area (TPSA) is 88.4 Å². The van der Waals surface area contributed by atoms with Gasteiger partial charge in [0.1, 0.15) is 18.0 Å². The van der Waals surface area contributed by atoms with Crippen molar-refractivity contribution in [3.8, 4) is 17.6 Å². The van der Waals surface area contributed by atoms with E-state index in [0.717, 1.165) is 6.42 Å². The van der Waals surface area contributed by atoms with Crippen molar-refractivity contribution < 1.29 is 19.1 Å². The summed E-state index contributed by atoms with van der Waals surface area (Å²) in [4.78, 5) is 22.2. The van der Waals surface area contributed by atoms with Gasteiger partial charge in [0, 0.05) is 6.07 Å². The second kappa shape index (κ2) is 8.53. The first kappa shape index (κ1) is 15.5. The normalized spacial score (nSPS) is 9.40. The maximum atomic E-state index is 11.3. The number of aldehydes is 1. The van der Waals surface area contributed by atoms with Crippen molar-refractivity contribution in [3.05, 3.63) is 23.8 Å². The van der Waals surface area contributed by atoms with E-state index in [-0.39, 0.29) is 18.9 Å². The van der Waals surface area contributed by atoms with Gasteiger partial charge in [-0.15, -0.1) is 0 Å². The van der Waals surface area contributed by atoms with E-state index in [9.17, 15) is 9.59 Å². The van der Waals surface area contributed by atoms with Crippen LogP contribution in [-0.2, 0) is 4.79 Å². The fourth-order valence-electron chi connectivity index (χ4n) is 1.38. The molecule has 0 unspecified atom stereocenters. The molecule has 6 nitrogen and oxygen atoms in total. The molecule has 0 aromatic heterocycles. The smallest absolute Gasteiger partial charge is 0.258 e. The first-order valence-corrected chi connectivity index (χ1v) is 6.19. The molecule has 1 N–H and O–H groups in total. The molecule has 0 aliphatic heterocycles. The van der Waals surface area contributed by atoms with Gasteiger partial charge in [0.05, 0.1) is 18.2 Å². The van der Waals surface area contributed by atoms with E-state index in [4.69, 9.17) is 14.7 Å². The third-order valence-corrected chi connectivity index (χ3v) is 2.31. The molecule has 1 aromatic carbocycles. The zero-order valence-electron chi connectivity index (χ0n) is 11.2. The molecule has 1 amide bonds. The highest BCUT2D eigenvalue weighted by molar-refractivity contribution is 5.81. The van der Waals surface area contributed by atoms with E-state index in [1.807, 2.05) is 6.92 Å². The molecule has 0 aliphatic carbocycles. The van der Waals surface area contributed by atoms with Crippen LogP contribution in [0.15, 0.2) is 18.2 Å². The highest BCUT2D eigenvalue weighted by atomic mass is 16.5. The monoisotopic (exact) mass is 276 g/mol. The zero-order valence-corrected chi connectivity index (χ0v) is 11.2. The Bertz CT molecular complexity index is 508. The third kappa shape index (κ3) is 4.98. The summed E-state index contributed by atoms with van der Waals surface area (Å²) >= 11 is 0.